The summed E-state index contributed by atoms with van der Waals surface area (Å²) < 4.78 is 39.8. The second-order valence-electron chi connectivity index (χ2n) is 6.27. The lowest BCUT2D eigenvalue weighted by Gasteiger charge is -2.31. The maximum Gasteiger partial charge on any atom is 0.243 e. The van der Waals surface area contributed by atoms with Gasteiger partial charge in [0.1, 0.15) is 5.82 Å². The van der Waals surface area contributed by atoms with Gasteiger partial charge in [-0.25, -0.2) is 12.8 Å². The Balaban J connectivity index is 1.72. The molecule has 2 aromatic carbocycles. The molecule has 1 aliphatic rings. The number of carbonyl (C=O) groups excluding carboxylic acids is 1. The topological polar surface area (TPSA) is 66.5 Å². The van der Waals surface area contributed by atoms with Crippen LogP contribution in [0.4, 0.5) is 10.1 Å². The number of sulfonamides is 1. The number of benzene rings is 2. The SMILES string of the molecule is O=C(Nc1ccc(Cl)c(Cl)c1)[C@H]1CCCN(S(=O)(=O)c2ccc(F)cc2)C1. The van der Waals surface area contributed by atoms with Gasteiger partial charge < -0.3 is 5.32 Å². The number of anilines is 1. The number of hydrogen-bond donors (Lipinski definition) is 1. The van der Waals surface area contributed by atoms with E-state index in [1.807, 2.05) is 0 Å². The highest BCUT2D eigenvalue weighted by Crippen LogP contribution is 2.27. The Morgan fingerprint density at radius 2 is 1.81 bits per heavy atom. The maximum absolute atomic E-state index is 13.1. The highest BCUT2D eigenvalue weighted by atomic mass is 35.5. The van der Waals surface area contributed by atoms with E-state index in [2.05, 4.69) is 5.32 Å². The Kier molecular flexibility index (Phi) is 6.05. The fraction of sp³-hybridized carbons (Fsp3) is 0.278. The van der Waals surface area contributed by atoms with Gasteiger partial charge in [0.25, 0.3) is 0 Å². The van der Waals surface area contributed by atoms with Crippen LogP contribution in [0.2, 0.25) is 10.0 Å². The lowest BCUT2D eigenvalue weighted by molar-refractivity contribution is -0.120. The molecule has 9 heteroatoms. The molecule has 1 amide bonds. The fourth-order valence-corrected chi connectivity index (χ4v) is 4.77. The van der Waals surface area contributed by atoms with Crippen molar-refractivity contribution in [3.63, 3.8) is 0 Å². The van der Waals surface area contributed by atoms with E-state index in [1.165, 1.54) is 22.5 Å². The summed E-state index contributed by atoms with van der Waals surface area (Å²) in [4.78, 5) is 12.6. The van der Waals surface area contributed by atoms with Crippen LogP contribution in [0.5, 0.6) is 0 Å². The Morgan fingerprint density at radius 1 is 1.11 bits per heavy atom. The van der Waals surface area contributed by atoms with E-state index in [9.17, 15) is 17.6 Å². The molecule has 0 radical (unpaired) electrons. The van der Waals surface area contributed by atoms with Crippen molar-refractivity contribution in [2.75, 3.05) is 18.4 Å². The zero-order valence-electron chi connectivity index (χ0n) is 14.2. The number of carbonyl (C=O) groups is 1. The summed E-state index contributed by atoms with van der Waals surface area (Å²) in [5.74, 6) is -1.29. The number of rotatable bonds is 4. The second-order valence-corrected chi connectivity index (χ2v) is 9.03. The molecule has 1 heterocycles. The Bertz CT molecular complexity index is 952. The van der Waals surface area contributed by atoms with Crippen LogP contribution in [0.3, 0.4) is 0 Å². The first-order valence-corrected chi connectivity index (χ1v) is 10.5. The zero-order valence-corrected chi connectivity index (χ0v) is 16.5. The molecule has 144 valence electrons. The third kappa shape index (κ3) is 4.60. The fourth-order valence-electron chi connectivity index (χ4n) is 2.95. The van der Waals surface area contributed by atoms with Crippen molar-refractivity contribution in [2.24, 2.45) is 5.92 Å². The van der Waals surface area contributed by atoms with Crippen LogP contribution in [-0.4, -0.2) is 31.7 Å². The van der Waals surface area contributed by atoms with Gasteiger partial charge in [-0.05, 0) is 55.3 Å². The summed E-state index contributed by atoms with van der Waals surface area (Å²) in [6, 6.07) is 9.40. The van der Waals surface area contributed by atoms with Crippen LogP contribution in [0.15, 0.2) is 47.4 Å². The summed E-state index contributed by atoms with van der Waals surface area (Å²) >= 11 is 11.8. The molecule has 1 saturated heterocycles. The van der Waals surface area contributed by atoms with E-state index in [0.717, 1.165) is 12.1 Å². The summed E-state index contributed by atoms with van der Waals surface area (Å²) in [6.45, 7) is 0.378. The minimum atomic E-state index is -3.78. The number of nitrogens with zero attached hydrogens (tertiary/aromatic N) is 1. The third-order valence-corrected chi connectivity index (χ3v) is 7.01. The molecule has 3 rings (SSSR count). The molecule has 0 aliphatic carbocycles. The van der Waals surface area contributed by atoms with Crippen molar-refractivity contribution in [1.82, 2.24) is 4.31 Å². The molecule has 1 atom stereocenters. The van der Waals surface area contributed by atoms with E-state index in [0.29, 0.717) is 35.1 Å². The number of halogens is 3. The monoisotopic (exact) mass is 430 g/mol. The van der Waals surface area contributed by atoms with Crippen molar-refractivity contribution in [3.8, 4) is 0 Å². The van der Waals surface area contributed by atoms with Crippen molar-refractivity contribution in [1.29, 1.82) is 0 Å². The van der Waals surface area contributed by atoms with Crippen molar-refractivity contribution >= 4 is 44.8 Å². The van der Waals surface area contributed by atoms with Crippen molar-refractivity contribution in [3.05, 3.63) is 58.3 Å². The summed E-state index contributed by atoms with van der Waals surface area (Å²) in [6.07, 6.45) is 1.13. The summed E-state index contributed by atoms with van der Waals surface area (Å²) in [7, 11) is -3.78. The molecule has 0 spiro atoms. The van der Waals surface area contributed by atoms with Crippen molar-refractivity contribution < 1.29 is 17.6 Å². The normalized spacial score (nSPS) is 18.3. The van der Waals surface area contributed by atoms with E-state index in [1.54, 1.807) is 12.1 Å². The van der Waals surface area contributed by atoms with E-state index >= 15 is 0 Å². The smallest absolute Gasteiger partial charge is 0.243 e. The highest BCUT2D eigenvalue weighted by molar-refractivity contribution is 7.89. The number of hydrogen-bond acceptors (Lipinski definition) is 3. The van der Waals surface area contributed by atoms with Gasteiger partial charge in [-0.3, -0.25) is 4.79 Å². The molecule has 2 aromatic rings. The molecular weight excluding hydrogens is 414 g/mol. The average molecular weight is 431 g/mol. The van der Waals surface area contributed by atoms with Gasteiger partial charge in [-0.1, -0.05) is 23.2 Å². The summed E-state index contributed by atoms with van der Waals surface area (Å²) in [5, 5.41) is 3.44. The third-order valence-electron chi connectivity index (χ3n) is 4.39. The first kappa shape index (κ1) is 20.1. The van der Waals surface area contributed by atoms with Crippen LogP contribution in [0.25, 0.3) is 0 Å². The summed E-state index contributed by atoms with van der Waals surface area (Å²) in [5.41, 5.74) is 0.493. The van der Waals surface area contributed by atoms with Crippen LogP contribution < -0.4 is 5.32 Å². The number of amides is 1. The van der Waals surface area contributed by atoms with Crippen LogP contribution in [0, 0.1) is 11.7 Å². The lowest BCUT2D eigenvalue weighted by atomic mass is 9.99. The van der Waals surface area contributed by atoms with Gasteiger partial charge in [-0.2, -0.15) is 4.31 Å². The van der Waals surface area contributed by atoms with Gasteiger partial charge in [0.2, 0.25) is 15.9 Å². The molecular formula is C18H17Cl2FN2O3S. The standard InChI is InChI=1S/C18H17Cl2FN2O3S/c19-16-8-5-14(10-17(16)20)22-18(24)12-2-1-9-23(11-12)27(25,26)15-6-3-13(21)4-7-15/h3-8,10,12H,1-2,9,11H2,(H,22,24)/t12-/m0/s1. The van der Waals surface area contributed by atoms with Gasteiger partial charge >= 0.3 is 0 Å². The molecule has 0 aromatic heterocycles. The minimum absolute atomic E-state index is 0.00874. The zero-order chi connectivity index (χ0) is 19.6. The molecule has 0 bridgehead atoms. The van der Waals surface area contributed by atoms with Crippen LogP contribution in [0.1, 0.15) is 12.8 Å². The Labute approximate surface area is 167 Å². The van der Waals surface area contributed by atoms with Gasteiger partial charge in [-0.15, -0.1) is 0 Å². The average Bonchev–Trinajstić information content (AvgIpc) is 2.65. The van der Waals surface area contributed by atoms with E-state index in [-0.39, 0.29) is 17.3 Å². The number of nitrogens with one attached hydrogen (secondary N) is 1. The largest absolute Gasteiger partial charge is 0.326 e. The van der Waals surface area contributed by atoms with Gasteiger partial charge in [0, 0.05) is 18.8 Å². The quantitative estimate of drug-likeness (QED) is 0.790. The van der Waals surface area contributed by atoms with Crippen molar-refractivity contribution in [2.45, 2.75) is 17.7 Å². The first-order valence-electron chi connectivity index (χ1n) is 8.29. The lowest BCUT2D eigenvalue weighted by Crippen LogP contribution is -2.43. The van der Waals surface area contributed by atoms with Crippen LogP contribution >= 0.6 is 23.2 Å². The molecule has 0 unspecified atom stereocenters. The molecule has 0 saturated carbocycles. The molecule has 5 nitrogen and oxygen atoms in total. The van der Waals surface area contributed by atoms with E-state index in [4.69, 9.17) is 23.2 Å². The predicted molar refractivity (Wildman–Crippen MR) is 103 cm³/mol. The Hall–Kier alpha value is -1.67. The Morgan fingerprint density at radius 3 is 2.48 bits per heavy atom. The molecule has 1 aliphatic heterocycles. The van der Waals surface area contributed by atoms with E-state index < -0.39 is 21.8 Å². The molecule has 27 heavy (non-hydrogen) atoms. The van der Waals surface area contributed by atoms with Crippen LogP contribution in [-0.2, 0) is 14.8 Å². The first-order chi connectivity index (χ1) is 12.8. The highest BCUT2D eigenvalue weighted by Gasteiger charge is 2.33. The predicted octanol–water partition coefficient (Wildman–Crippen LogP) is 4.17. The molecule has 1 fully saturated rings. The van der Waals surface area contributed by atoms with Gasteiger partial charge in [0.05, 0.1) is 20.9 Å². The molecule has 1 N–H and O–H groups in total. The minimum Gasteiger partial charge on any atom is -0.326 e. The number of piperidine rings is 1. The van der Waals surface area contributed by atoms with Gasteiger partial charge in [0.15, 0.2) is 0 Å². The maximum atomic E-state index is 13.1. The second kappa shape index (κ2) is 8.14.